The monoisotopic (exact) mass is 403 g/mol. The third-order valence-electron chi connectivity index (χ3n) is 5.06. The van der Waals surface area contributed by atoms with E-state index in [9.17, 15) is 4.79 Å². The van der Waals surface area contributed by atoms with E-state index < -0.39 is 0 Å². The van der Waals surface area contributed by atoms with Crippen LogP contribution >= 0.6 is 0 Å². The molecule has 7 nitrogen and oxygen atoms in total. The first-order chi connectivity index (χ1) is 14.6. The van der Waals surface area contributed by atoms with Gasteiger partial charge in [-0.25, -0.2) is 15.0 Å². The van der Waals surface area contributed by atoms with Crippen LogP contribution in [0.25, 0.3) is 6.08 Å². The smallest absolute Gasteiger partial charge is 0.247 e. The Kier molecular flexibility index (Phi) is 5.88. The molecular formula is C23H25N5O2. The Balaban J connectivity index is 1.57. The molecule has 1 atom stereocenters. The van der Waals surface area contributed by atoms with Crippen molar-refractivity contribution < 1.29 is 9.21 Å². The Bertz CT molecular complexity index is 1050. The SMILES string of the molecule is Cc1cccc(Nc2cc([C@H]3CCCCN3C(=O)/C=C/c3ccco3)nc(C)n2)n1. The minimum Gasteiger partial charge on any atom is -0.465 e. The van der Waals surface area contributed by atoms with Gasteiger partial charge in [-0.1, -0.05) is 6.07 Å². The Hall–Kier alpha value is -3.48. The highest BCUT2D eigenvalue weighted by molar-refractivity contribution is 5.91. The highest BCUT2D eigenvalue weighted by atomic mass is 16.3. The Labute approximate surface area is 175 Å². The molecule has 154 valence electrons. The van der Waals surface area contributed by atoms with E-state index >= 15 is 0 Å². The second-order valence-corrected chi connectivity index (χ2v) is 7.41. The molecule has 1 saturated heterocycles. The predicted molar refractivity (Wildman–Crippen MR) is 115 cm³/mol. The van der Waals surface area contributed by atoms with E-state index in [1.54, 1.807) is 24.5 Å². The number of hydrogen-bond acceptors (Lipinski definition) is 6. The van der Waals surface area contributed by atoms with Gasteiger partial charge in [0.25, 0.3) is 0 Å². The summed E-state index contributed by atoms with van der Waals surface area (Å²) in [5, 5.41) is 3.26. The topological polar surface area (TPSA) is 84.2 Å². The van der Waals surface area contributed by atoms with Crippen LogP contribution in [-0.4, -0.2) is 32.3 Å². The van der Waals surface area contributed by atoms with E-state index in [0.717, 1.165) is 36.5 Å². The maximum absolute atomic E-state index is 12.9. The van der Waals surface area contributed by atoms with E-state index in [0.29, 0.717) is 23.9 Å². The molecular weight excluding hydrogens is 378 g/mol. The van der Waals surface area contributed by atoms with Crippen molar-refractivity contribution in [1.82, 2.24) is 19.9 Å². The lowest BCUT2D eigenvalue weighted by molar-refractivity contribution is -0.129. The zero-order chi connectivity index (χ0) is 20.9. The maximum Gasteiger partial charge on any atom is 0.247 e. The van der Waals surface area contributed by atoms with Gasteiger partial charge in [0.15, 0.2) is 0 Å². The van der Waals surface area contributed by atoms with Gasteiger partial charge >= 0.3 is 0 Å². The van der Waals surface area contributed by atoms with Crippen LogP contribution in [0.5, 0.6) is 0 Å². The normalized spacial score (nSPS) is 16.7. The zero-order valence-corrected chi connectivity index (χ0v) is 17.2. The van der Waals surface area contributed by atoms with E-state index in [1.165, 1.54) is 0 Å². The summed E-state index contributed by atoms with van der Waals surface area (Å²) >= 11 is 0. The summed E-state index contributed by atoms with van der Waals surface area (Å²) in [6.07, 6.45) is 7.78. The first-order valence-electron chi connectivity index (χ1n) is 10.2. The summed E-state index contributed by atoms with van der Waals surface area (Å²) in [4.78, 5) is 28.4. The van der Waals surface area contributed by atoms with Crippen molar-refractivity contribution in [1.29, 1.82) is 0 Å². The number of nitrogens with one attached hydrogen (secondary N) is 1. The fourth-order valence-corrected chi connectivity index (χ4v) is 3.71. The molecule has 0 saturated carbocycles. The number of anilines is 2. The van der Waals surface area contributed by atoms with Crippen LogP contribution in [0, 0.1) is 13.8 Å². The third-order valence-corrected chi connectivity index (χ3v) is 5.06. The molecule has 4 rings (SSSR count). The van der Waals surface area contributed by atoms with Crippen molar-refractivity contribution >= 4 is 23.6 Å². The molecule has 1 N–H and O–H groups in total. The quantitative estimate of drug-likeness (QED) is 0.627. The number of aryl methyl sites for hydroxylation is 2. The average Bonchev–Trinajstić information content (AvgIpc) is 3.25. The molecule has 0 aliphatic carbocycles. The Morgan fingerprint density at radius 1 is 1.13 bits per heavy atom. The molecule has 0 aromatic carbocycles. The molecule has 1 fully saturated rings. The number of pyridine rings is 1. The fourth-order valence-electron chi connectivity index (χ4n) is 3.71. The van der Waals surface area contributed by atoms with Gasteiger partial charge in [0.05, 0.1) is 18.0 Å². The molecule has 3 aromatic heterocycles. The van der Waals surface area contributed by atoms with Crippen LogP contribution in [0.1, 0.15) is 48.3 Å². The number of carbonyl (C=O) groups excluding carboxylic acids is 1. The molecule has 1 aliphatic rings. The van der Waals surface area contributed by atoms with Gasteiger partial charge in [-0.05, 0) is 63.5 Å². The van der Waals surface area contributed by atoms with Gasteiger partial charge in [0.2, 0.25) is 5.91 Å². The highest BCUT2D eigenvalue weighted by Crippen LogP contribution is 2.31. The largest absolute Gasteiger partial charge is 0.465 e. The summed E-state index contributed by atoms with van der Waals surface area (Å²) < 4.78 is 5.29. The van der Waals surface area contributed by atoms with E-state index in [-0.39, 0.29) is 11.9 Å². The second-order valence-electron chi connectivity index (χ2n) is 7.41. The van der Waals surface area contributed by atoms with Crippen molar-refractivity contribution in [2.75, 3.05) is 11.9 Å². The number of rotatable bonds is 5. The number of hydrogen-bond donors (Lipinski definition) is 1. The molecule has 3 aromatic rings. The van der Waals surface area contributed by atoms with Gasteiger partial charge in [0, 0.05) is 24.4 Å². The summed E-state index contributed by atoms with van der Waals surface area (Å²) in [7, 11) is 0. The molecule has 7 heteroatoms. The molecule has 0 spiro atoms. The molecule has 0 radical (unpaired) electrons. The van der Waals surface area contributed by atoms with Gasteiger partial charge in [-0.15, -0.1) is 0 Å². The predicted octanol–water partition coefficient (Wildman–Crippen LogP) is 4.59. The minimum atomic E-state index is -0.0831. The minimum absolute atomic E-state index is 0.0396. The lowest BCUT2D eigenvalue weighted by Gasteiger charge is -2.35. The Morgan fingerprint density at radius 2 is 2.03 bits per heavy atom. The van der Waals surface area contributed by atoms with E-state index in [1.807, 2.05) is 49.1 Å². The fraction of sp³-hybridized carbons (Fsp3) is 0.304. The van der Waals surface area contributed by atoms with Crippen molar-refractivity contribution in [2.45, 2.75) is 39.2 Å². The molecule has 1 aliphatic heterocycles. The van der Waals surface area contributed by atoms with E-state index in [2.05, 4.69) is 20.3 Å². The van der Waals surface area contributed by atoms with Crippen molar-refractivity contribution in [3.8, 4) is 0 Å². The number of likely N-dealkylation sites (tertiary alicyclic amines) is 1. The van der Waals surface area contributed by atoms with Crippen LogP contribution in [0.15, 0.2) is 53.2 Å². The first kappa shape index (κ1) is 19.8. The molecule has 1 amide bonds. The average molecular weight is 403 g/mol. The van der Waals surface area contributed by atoms with Gasteiger partial charge in [-0.2, -0.15) is 0 Å². The zero-order valence-electron chi connectivity index (χ0n) is 17.2. The van der Waals surface area contributed by atoms with Crippen molar-refractivity contribution in [3.05, 3.63) is 71.7 Å². The summed E-state index contributed by atoms with van der Waals surface area (Å²) in [6, 6.07) is 11.3. The van der Waals surface area contributed by atoms with Crippen LogP contribution in [-0.2, 0) is 4.79 Å². The lowest BCUT2D eigenvalue weighted by atomic mass is 9.98. The molecule has 0 unspecified atom stereocenters. The van der Waals surface area contributed by atoms with Gasteiger partial charge in [0.1, 0.15) is 23.2 Å². The number of piperidine rings is 1. The lowest BCUT2D eigenvalue weighted by Crippen LogP contribution is -2.38. The van der Waals surface area contributed by atoms with Crippen molar-refractivity contribution in [3.63, 3.8) is 0 Å². The van der Waals surface area contributed by atoms with Crippen LogP contribution in [0.2, 0.25) is 0 Å². The number of aromatic nitrogens is 3. The number of nitrogens with zero attached hydrogens (tertiary/aromatic N) is 4. The van der Waals surface area contributed by atoms with Crippen LogP contribution in [0.3, 0.4) is 0 Å². The first-order valence-corrected chi connectivity index (χ1v) is 10.2. The van der Waals surface area contributed by atoms with Crippen LogP contribution in [0.4, 0.5) is 11.6 Å². The molecule has 30 heavy (non-hydrogen) atoms. The number of carbonyl (C=O) groups is 1. The highest BCUT2D eigenvalue weighted by Gasteiger charge is 2.28. The third kappa shape index (κ3) is 4.74. The molecule has 4 heterocycles. The maximum atomic E-state index is 12.9. The number of furan rings is 1. The Morgan fingerprint density at radius 3 is 2.83 bits per heavy atom. The van der Waals surface area contributed by atoms with E-state index in [4.69, 9.17) is 4.42 Å². The summed E-state index contributed by atoms with van der Waals surface area (Å²) in [5.41, 5.74) is 1.77. The summed E-state index contributed by atoms with van der Waals surface area (Å²) in [5.74, 6) is 2.69. The standard InChI is InChI=1S/C23H25N5O2/c1-16-7-5-10-21(24-16)27-22-15-19(25-17(2)26-22)20-9-3-4-13-28(20)23(29)12-11-18-8-6-14-30-18/h5-8,10-12,14-15,20H,3-4,9,13H2,1-2H3,(H,24,25,26,27)/b12-11+/t20-/m1/s1. The number of amides is 1. The molecule has 0 bridgehead atoms. The van der Waals surface area contributed by atoms with Crippen molar-refractivity contribution in [2.24, 2.45) is 0 Å². The van der Waals surface area contributed by atoms with Crippen LogP contribution < -0.4 is 5.32 Å². The second kappa shape index (κ2) is 8.90. The van der Waals surface area contributed by atoms with Gasteiger partial charge < -0.3 is 14.6 Å². The van der Waals surface area contributed by atoms with Gasteiger partial charge in [-0.3, -0.25) is 4.79 Å². The summed E-state index contributed by atoms with van der Waals surface area (Å²) in [6.45, 7) is 4.52.